The maximum atomic E-state index is 10.8. The summed E-state index contributed by atoms with van der Waals surface area (Å²) in [6.45, 7) is 5.00. The number of rotatable bonds is 5. The first-order valence-corrected chi connectivity index (χ1v) is 8.72. The van der Waals surface area contributed by atoms with Crippen LogP contribution in [0.3, 0.4) is 0 Å². The summed E-state index contributed by atoms with van der Waals surface area (Å²) in [5.41, 5.74) is -0.343. The van der Waals surface area contributed by atoms with Gasteiger partial charge in [0.1, 0.15) is 0 Å². The molecule has 0 amide bonds. The van der Waals surface area contributed by atoms with Crippen molar-refractivity contribution < 1.29 is 14.6 Å². The highest BCUT2D eigenvalue weighted by molar-refractivity contribution is 7.99. The van der Waals surface area contributed by atoms with Crippen molar-refractivity contribution in [2.45, 2.75) is 63.3 Å². The molecule has 19 heavy (non-hydrogen) atoms. The molecule has 3 nitrogen and oxygen atoms in total. The van der Waals surface area contributed by atoms with Crippen molar-refractivity contribution in [2.75, 3.05) is 25.2 Å². The molecule has 2 fully saturated rings. The van der Waals surface area contributed by atoms with E-state index in [0.29, 0.717) is 5.92 Å². The zero-order chi connectivity index (χ0) is 13.9. The topological polar surface area (TPSA) is 38.7 Å². The number of hydrogen-bond donors (Lipinski definition) is 1. The lowest BCUT2D eigenvalue weighted by atomic mass is 9.75. The molecule has 3 unspecified atom stereocenters. The van der Waals surface area contributed by atoms with Crippen LogP contribution in [0.4, 0.5) is 0 Å². The molecule has 0 radical (unpaired) electrons. The lowest BCUT2D eigenvalue weighted by molar-refractivity contribution is -0.164. The first-order valence-electron chi connectivity index (χ1n) is 7.56. The molecule has 0 bridgehead atoms. The number of thioether (sulfide) groups is 1. The SMILES string of the molecule is CCC(CC)(OC)C(O)C1CCOC2(CCSC2)C1. The Kier molecular flexibility index (Phi) is 5.21. The van der Waals surface area contributed by atoms with Crippen LogP contribution in [0.25, 0.3) is 0 Å². The Bertz CT molecular complexity index is 277. The molecule has 2 saturated heterocycles. The highest BCUT2D eigenvalue weighted by Crippen LogP contribution is 2.43. The van der Waals surface area contributed by atoms with E-state index in [-0.39, 0.29) is 17.3 Å². The first-order chi connectivity index (χ1) is 9.11. The van der Waals surface area contributed by atoms with Crippen molar-refractivity contribution in [2.24, 2.45) is 5.92 Å². The number of methoxy groups -OCH3 is 1. The van der Waals surface area contributed by atoms with E-state index in [0.717, 1.165) is 44.5 Å². The van der Waals surface area contributed by atoms with Gasteiger partial charge in [0.25, 0.3) is 0 Å². The van der Waals surface area contributed by atoms with E-state index in [4.69, 9.17) is 9.47 Å². The molecular weight excluding hydrogens is 260 g/mol. The summed E-state index contributed by atoms with van der Waals surface area (Å²) in [5.74, 6) is 2.60. The summed E-state index contributed by atoms with van der Waals surface area (Å²) < 4.78 is 11.8. The van der Waals surface area contributed by atoms with Crippen molar-refractivity contribution in [1.29, 1.82) is 0 Å². The second-order valence-corrected chi connectivity index (χ2v) is 7.11. The Balaban J connectivity index is 2.07. The van der Waals surface area contributed by atoms with Gasteiger partial charge in [-0.15, -0.1) is 0 Å². The van der Waals surface area contributed by atoms with Crippen molar-refractivity contribution in [3.63, 3.8) is 0 Å². The van der Waals surface area contributed by atoms with E-state index >= 15 is 0 Å². The van der Waals surface area contributed by atoms with Gasteiger partial charge in [-0.1, -0.05) is 13.8 Å². The predicted octanol–water partition coefficient (Wildman–Crippen LogP) is 2.85. The minimum atomic E-state index is -0.380. The van der Waals surface area contributed by atoms with Gasteiger partial charge in [0.05, 0.1) is 17.3 Å². The van der Waals surface area contributed by atoms with E-state index in [1.54, 1.807) is 7.11 Å². The van der Waals surface area contributed by atoms with E-state index in [1.165, 1.54) is 5.75 Å². The van der Waals surface area contributed by atoms with Crippen LogP contribution in [0.5, 0.6) is 0 Å². The summed E-state index contributed by atoms with van der Waals surface area (Å²) in [7, 11) is 1.73. The van der Waals surface area contributed by atoms with Crippen molar-refractivity contribution in [3.8, 4) is 0 Å². The molecule has 2 aliphatic heterocycles. The summed E-state index contributed by atoms with van der Waals surface area (Å²) in [5, 5.41) is 10.8. The third kappa shape index (κ3) is 2.97. The van der Waals surface area contributed by atoms with Gasteiger partial charge in [-0.25, -0.2) is 0 Å². The largest absolute Gasteiger partial charge is 0.390 e. The second kappa shape index (κ2) is 6.33. The highest BCUT2D eigenvalue weighted by Gasteiger charge is 2.47. The fourth-order valence-corrected chi connectivity index (χ4v) is 5.08. The zero-order valence-electron chi connectivity index (χ0n) is 12.5. The monoisotopic (exact) mass is 288 g/mol. The normalized spacial score (nSPS) is 33.8. The predicted molar refractivity (Wildman–Crippen MR) is 79.7 cm³/mol. The van der Waals surface area contributed by atoms with Gasteiger partial charge >= 0.3 is 0 Å². The molecule has 0 aromatic carbocycles. The van der Waals surface area contributed by atoms with Crippen LogP contribution in [0, 0.1) is 5.92 Å². The van der Waals surface area contributed by atoms with Crippen molar-refractivity contribution in [1.82, 2.24) is 0 Å². The number of aliphatic hydroxyl groups is 1. The summed E-state index contributed by atoms with van der Waals surface area (Å²) in [6, 6.07) is 0. The molecule has 0 aliphatic carbocycles. The van der Waals surface area contributed by atoms with E-state index in [9.17, 15) is 5.11 Å². The standard InChI is InChI=1S/C15H28O3S/c1-4-15(5-2,17-3)13(16)12-6-8-18-14(10-12)7-9-19-11-14/h12-13,16H,4-11H2,1-3H3. The molecule has 3 atom stereocenters. The van der Waals surface area contributed by atoms with E-state index in [1.807, 2.05) is 11.8 Å². The second-order valence-electron chi connectivity index (χ2n) is 6.01. The molecule has 112 valence electrons. The smallest absolute Gasteiger partial charge is 0.0933 e. The average molecular weight is 288 g/mol. The van der Waals surface area contributed by atoms with Gasteiger partial charge in [-0.05, 0) is 43.8 Å². The maximum absolute atomic E-state index is 10.8. The first kappa shape index (κ1) is 15.6. The van der Waals surface area contributed by atoms with Crippen LogP contribution in [-0.2, 0) is 9.47 Å². The quantitative estimate of drug-likeness (QED) is 0.844. The molecule has 0 aromatic rings. The summed E-state index contributed by atoms with van der Waals surface area (Å²) in [4.78, 5) is 0. The Morgan fingerprint density at radius 1 is 1.47 bits per heavy atom. The maximum Gasteiger partial charge on any atom is 0.0933 e. The highest BCUT2D eigenvalue weighted by atomic mass is 32.2. The van der Waals surface area contributed by atoms with Gasteiger partial charge in [0.2, 0.25) is 0 Å². The molecule has 2 rings (SSSR count). The van der Waals surface area contributed by atoms with Gasteiger partial charge in [0.15, 0.2) is 0 Å². The molecule has 0 saturated carbocycles. The van der Waals surface area contributed by atoms with Gasteiger partial charge < -0.3 is 14.6 Å². The third-order valence-corrected chi connectivity index (χ3v) is 6.41. The van der Waals surface area contributed by atoms with E-state index in [2.05, 4.69) is 13.8 Å². The third-order valence-electron chi connectivity index (χ3n) is 5.19. The minimum absolute atomic E-state index is 0.0372. The minimum Gasteiger partial charge on any atom is -0.390 e. The average Bonchev–Trinajstić information content (AvgIpc) is 2.89. The van der Waals surface area contributed by atoms with Crippen LogP contribution in [0.2, 0.25) is 0 Å². The zero-order valence-corrected chi connectivity index (χ0v) is 13.3. The molecule has 0 aromatic heterocycles. The van der Waals surface area contributed by atoms with Gasteiger partial charge in [-0.3, -0.25) is 0 Å². The lowest BCUT2D eigenvalue weighted by Crippen LogP contribution is -2.52. The van der Waals surface area contributed by atoms with Crippen LogP contribution in [-0.4, -0.2) is 47.6 Å². The van der Waals surface area contributed by atoms with Crippen molar-refractivity contribution in [3.05, 3.63) is 0 Å². The van der Waals surface area contributed by atoms with Crippen LogP contribution in [0.1, 0.15) is 46.0 Å². The van der Waals surface area contributed by atoms with Crippen LogP contribution < -0.4 is 0 Å². The van der Waals surface area contributed by atoms with Gasteiger partial charge in [-0.2, -0.15) is 11.8 Å². The Morgan fingerprint density at radius 2 is 2.21 bits per heavy atom. The number of ether oxygens (including phenoxy) is 2. The molecular formula is C15H28O3S. The Morgan fingerprint density at radius 3 is 2.74 bits per heavy atom. The van der Waals surface area contributed by atoms with Crippen molar-refractivity contribution >= 4 is 11.8 Å². The Labute approximate surface area is 121 Å². The van der Waals surface area contributed by atoms with Crippen LogP contribution >= 0.6 is 11.8 Å². The summed E-state index contributed by atoms with van der Waals surface area (Å²) >= 11 is 1.98. The van der Waals surface area contributed by atoms with E-state index < -0.39 is 0 Å². The lowest BCUT2D eigenvalue weighted by Gasteiger charge is -2.45. The molecule has 1 N–H and O–H groups in total. The molecule has 1 spiro atoms. The fourth-order valence-electron chi connectivity index (χ4n) is 3.71. The number of hydrogen-bond acceptors (Lipinski definition) is 4. The van der Waals surface area contributed by atoms with Gasteiger partial charge in [0, 0.05) is 19.5 Å². The molecule has 4 heteroatoms. The molecule has 2 aliphatic rings. The number of aliphatic hydroxyl groups excluding tert-OH is 1. The fraction of sp³-hybridized carbons (Fsp3) is 1.00. The summed E-state index contributed by atoms with van der Waals surface area (Å²) in [6.07, 6.45) is 4.43. The van der Waals surface area contributed by atoms with Crippen LogP contribution in [0.15, 0.2) is 0 Å². The molecule has 2 heterocycles. The Hall–Kier alpha value is 0.230.